The fourth-order valence-electron chi connectivity index (χ4n) is 1.65. The van der Waals surface area contributed by atoms with E-state index in [9.17, 15) is 9.90 Å². The SMILES string of the molecule is CC(C)C(S)C(=O)NC(CO)Cc1ccccc1. The first-order valence-electron chi connectivity index (χ1n) is 6.17. The van der Waals surface area contributed by atoms with Gasteiger partial charge in [-0.2, -0.15) is 12.6 Å². The summed E-state index contributed by atoms with van der Waals surface area (Å²) in [4.78, 5) is 11.8. The number of hydrogen-bond donors (Lipinski definition) is 3. The number of hydrogen-bond acceptors (Lipinski definition) is 3. The molecule has 3 nitrogen and oxygen atoms in total. The minimum atomic E-state index is -0.338. The van der Waals surface area contributed by atoms with Crippen LogP contribution in [0.1, 0.15) is 19.4 Å². The van der Waals surface area contributed by atoms with Gasteiger partial charge in [-0.05, 0) is 17.9 Å². The molecule has 0 fully saturated rings. The van der Waals surface area contributed by atoms with Gasteiger partial charge in [-0.1, -0.05) is 44.2 Å². The van der Waals surface area contributed by atoms with E-state index in [0.29, 0.717) is 6.42 Å². The Morgan fingerprint density at radius 2 is 1.94 bits per heavy atom. The monoisotopic (exact) mass is 267 g/mol. The van der Waals surface area contributed by atoms with Gasteiger partial charge in [-0.15, -0.1) is 0 Å². The average molecular weight is 267 g/mol. The van der Waals surface area contributed by atoms with Crippen molar-refractivity contribution in [1.82, 2.24) is 5.32 Å². The first-order chi connectivity index (χ1) is 8.54. The van der Waals surface area contributed by atoms with E-state index >= 15 is 0 Å². The van der Waals surface area contributed by atoms with E-state index in [1.165, 1.54) is 0 Å². The van der Waals surface area contributed by atoms with Crippen molar-refractivity contribution >= 4 is 18.5 Å². The molecule has 0 aromatic heterocycles. The maximum absolute atomic E-state index is 11.8. The highest BCUT2D eigenvalue weighted by Crippen LogP contribution is 2.10. The van der Waals surface area contributed by atoms with Crippen molar-refractivity contribution in [2.45, 2.75) is 31.6 Å². The van der Waals surface area contributed by atoms with Crippen molar-refractivity contribution in [2.75, 3.05) is 6.61 Å². The lowest BCUT2D eigenvalue weighted by atomic mass is 10.1. The predicted octanol–water partition coefficient (Wildman–Crippen LogP) is 1.66. The Morgan fingerprint density at radius 1 is 1.33 bits per heavy atom. The van der Waals surface area contributed by atoms with Crippen molar-refractivity contribution in [3.8, 4) is 0 Å². The van der Waals surface area contributed by atoms with Gasteiger partial charge < -0.3 is 10.4 Å². The van der Waals surface area contributed by atoms with Crippen molar-refractivity contribution in [3.63, 3.8) is 0 Å². The van der Waals surface area contributed by atoms with Gasteiger partial charge in [0.25, 0.3) is 0 Å². The molecule has 1 amide bonds. The van der Waals surface area contributed by atoms with Gasteiger partial charge in [-0.3, -0.25) is 4.79 Å². The highest BCUT2D eigenvalue weighted by atomic mass is 32.1. The molecule has 1 aromatic carbocycles. The maximum atomic E-state index is 11.8. The Hall–Kier alpha value is -1.00. The molecule has 0 heterocycles. The first-order valence-corrected chi connectivity index (χ1v) is 6.69. The number of rotatable bonds is 6. The molecule has 2 N–H and O–H groups in total. The lowest BCUT2D eigenvalue weighted by molar-refractivity contribution is -0.122. The summed E-state index contributed by atoms with van der Waals surface area (Å²) in [5.74, 6) is 0.0488. The van der Waals surface area contributed by atoms with Crippen LogP contribution < -0.4 is 5.32 Å². The minimum Gasteiger partial charge on any atom is -0.394 e. The van der Waals surface area contributed by atoms with E-state index in [1.807, 2.05) is 44.2 Å². The normalized spacial score (nSPS) is 14.3. The van der Waals surface area contributed by atoms with Crippen LogP contribution in [0.15, 0.2) is 30.3 Å². The summed E-state index contributed by atoms with van der Waals surface area (Å²) in [7, 11) is 0. The van der Waals surface area contributed by atoms with Crippen LogP contribution in [0.2, 0.25) is 0 Å². The zero-order valence-electron chi connectivity index (χ0n) is 10.8. The molecular weight excluding hydrogens is 246 g/mol. The van der Waals surface area contributed by atoms with E-state index in [2.05, 4.69) is 17.9 Å². The summed E-state index contributed by atoms with van der Waals surface area (Å²) >= 11 is 4.27. The van der Waals surface area contributed by atoms with Crippen molar-refractivity contribution in [2.24, 2.45) is 5.92 Å². The van der Waals surface area contributed by atoms with Crippen LogP contribution in [0.25, 0.3) is 0 Å². The number of carbonyl (C=O) groups excluding carboxylic acids is 1. The summed E-state index contributed by atoms with van der Waals surface area (Å²) in [6.45, 7) is 3.82. The quantitative estimate of drug-likeness (QED) is 0.687. The van der Waals surface area contributed by atoms with Gasteiger partial charge in [0.2, 0.25) is 5.91 Å². The number of nitrogens with one attached hydrogen (secondary N) is 1. The molecule has 0 bridgehead atoms. The van der Waals surface area contributed by atoms with Gasteiger partial charge in [0.15, 0.2) is 0 Å². The second-order valence-electron chi connectivity index (χ2n) is 4.77. The minimum absolute atomic E-state index is 0.0702. The van der Waals surface area contributed by atoms with Gasteiger partial charge in [-0.25, -0.2) is 0 Å². The maximum Gasteiger partial charge on any atom is 0.233 e. The smallest absolute Gasteiger partial charge is 0.233 e. The summed E-state index contributed by atoms with van der Waals surface area (Å²) < 4.78 is 0. The third kappa shape index (κ3) is 4.70. The number of carbonyl (C=O) groups is 1. The van der Waals surface area contributed by atoms with Gasteiger partial charge in [0.05, 0.1) is 17.9 Å². The Morgan fingerprint density at radius 3 is 2.44 bits per heavy atom. The lowest BCUT2D eigenvalue weighted by Crippen LogP contribution is -2.44. The van der Waals surface area contributed by atoms with Crippen LogP contribution in [-0.2, 0) is 11.2 Å². The molecule has 0 aliphatic heterocycles. The average Bonchev–Trinajstić information content (AvgIpc) is 2.37. The van der Waals surface area contributed by atoms with Crippen LogP contribution in [-0.4, -0.2) is 28.9 Å². The number of thiol groups is 1. The topological polar surface area (TPSA) is 49.3 Å². The Bertz CT molecular complexity index is 367. The number of benzene rings is 1. The molecule has 0 saturated heterocycles. The second kappa shape index (κ2) is 7.44. The van der Waals surface area contributed by atoms with Crippen molar-refractivity contribution in [1.29, 1.82) is 0 Å². The zero-order valence-corrected chi connectivity index (χ0v) is 11.7. The molecule has 2 unspecified atom stereocenters. The molecule has 0 spiro atoms. The molecule has 1 rings (SSSR count). The van der Waals surface area contributed by atoms with E-state index < -0.39 is 0 Å². The fraction of sp³-hybridized carbons (Fsp3) is 0.500. The summed E-state index contributed by atoms with van der Waals surface area (Å²) in [5.41, 5.74) is 1.09. The standard InChI is InChI=1S/C14H21NO2S/c1-10(2)13(18)14(17)15-12(9-16)8-11-6-4-3-5-7-11/h3-7,10,12-13,16,18H,8-9H2,1-2H3,(H,15,17). The highest BCUT2D eigenvalue weighted by molar-refractivity contribution is 7.81. The molecule has 0 aliphatic carbocycles. The van der Waals surface area contributed by atoms with Gasteiger partial charge in [0.1, 0.15) is 0 Å². The molecule has 0 saturated carbocycles. The molecule has 18 heavy (non-hydrogen) atoms. The van der Waals surface area contributed by atoms with Crippen molar-refractivity contribution in [3.05, 3.63) is 35.9 Å². The van der Waals surface area contributed by atoms with Crippen LogP contribution in [0.5, 0.6) is 0 Å². The van der Waals surface area contributed by atoms with Gasteiger partial charge in [0, 0.05) is 0 Å². The van der Waals surface area contributed by atoms with Crippen molar-refractivity contribution < 1.29 is 9.90 Å². The van der Waals surface area contributed by atoms with Crippen LogP contribution in [0.4, 0.5) is 0 Å². The summed E-state index contributed by atoms with van der Waals surface area (Å²) in [5, 5.41) is 11.8. The van der Waals surface area contributed by atoms with Crippen LogP contribution in [0, 0.1) is 5.92 Å². The molecule has 4 heteroatoms. The van der Waals surface area contributed by atoms with Gasteiger partial charge >= 0.3 is 0 Å². The number of aliphatic hydroxyl groups is 1. The molecular formula is C14H21NO2S. The fourth-order valence-corrected chi connectivity index (χ4v) is 1.72. The van der Waals surface area contributed by atoms with Crippen LogP contribution in [0.3, 0.4) is 0 Å². The lowest BCUT2D eigenvalue weighted by Gasteiger charge is -2.20. The third-order valence-electron chi connectivity index (χ3n) is 2.79. The Labute approximate surface area is 114 Å². The second-order valence-corrected chi connectivity index (χ2v) is 5.32. The first kappa shape index (κ1) is 15.1. The largest absolute Gasteiger partial charge is 0.394 e. The Kier molecular flexibility index (Phi) is 6.22. The molecule has 2 atom stereocenters. The van der Waals surface area contributed by atoms with E-state index in [-0.39, 0.29) is 29.7 Å². The Balaban J connectivity index is 2.55. The predicted molar refractivity (Wildman–Crippen MR) is 76.8 cm³/mol. The number of aliphatic hydroxyl groups excluding tert-OH is 1. The van der Waals surface area contributed by atoms with E-state index in [4.69, 9.17) is 0 Å². The molecule has 1 aromatic rings. The van der Waals surface area contributed by atoms with E-state index in [1.54, 1.807) is 0 Å². The van der Waals surface area contributed by atoms with E-state index in [0.717, 1.165) is 5.56 Å². The molecule has 0 radical (unpaired) electrons. The third-order valence-corrected chi connectivity index (χ3v) is 3.62. The summed E-state index contributed by atoms with van der Waals surface area (Å²) in [6.07, 6.45) is 0.627. The number of amides is 1. The zero-order chi connectivity index (χ0) is 13.5. The summed E-state index contributed by atoms with van der Waals surface area (Å²) in [6, 6.07) is 9.54. The molecule has 100 valence electrons. The van der Waals surface area contributed by atoms with Crippen LogP contribution >= 0.6 is 12.6 Å². The molecule has 0 aliphatic rings. The highest BCUT2D eigenvalue weighted by Gasteiger charge is 2.20.